The van der Waals surface area contributed by atoms with Crippen LogP contribution in [0, 0.1) is 11.8 Å². The second-order valence-corrected chi connectivity index (χ2v) is 33.0. The second kappa shape index (κ2) is 72.6. The Balaban J connectivity index is 5.22. The van der Waals surface area contributed by atoms with Gasteiger partial charge in [0.25, 0.3) is 0 Å². The van der Waals surface area contributed by atoms with E-state index >= 15 is 0 Å². The molecule has 0 amide bonds. The Bertz CT molecular complexity index is 1920. The van der Waals surface area contributed by atoms with Gasteiger partial charge in [0.05, 0.1) is 26.4 Å². The van der Waals surface area contributed by atoms with Gasteiger partial charge in [0, 0.05) is 25.7 Å². The van der Waals surface area contributed by atoms with Crippen LogP contribution in [-0.2, 0) is 65.4 Å². The standard InChI is InChI=1S/C81H158O17P2/c1-7-9-11-13-15-17-19-20-21-22-23-24-28-31-35-39-46-52-58-64-79(84)92-69-76(97-80(85)65-59-53-47-40-36-32-29-26-25-27-30-34-37-43-49-55-61-73(3)4)71-95-99(87,88)93-67-75(82)68-94-100(89,90)96-72-77(98-81(86)66-60-54-48-42-41-44-50-56-62-74(5)6)70-91-78(83)63-57-51-45-38-33-18-16-14-12-10-8-2/h73-77,82H,7-72H2,1-6H3,(H,87,88)(H,89,90)/t75-,76-,77-/m1/s1. The fraction of sp³-hybridized carbons (Fsp3) is 0.951. The highest BCUT2D eigenvalue weighted by molar-refractivity contribution is 7.47. The molecule has 100 heavy (non-hydrogen) atoms. The lowest BCUT2D eigenvalue weighted by atomic mass is 10.0. The minimum Gasteiger partial charge on any atom is -0.462 e. The molecule has 0 heterocycles. The summed E-state index contributed by atoms with van der Waals surface area (Å²) >= 11 is 0. The summed E-state index contributed by atoms with van der Waals surface area (Å²) in [5.41, 5.74) is 0. The molecule has 0 aromatic heterocycles. The Kier molecular flexibility index (Phi) is 71.2. The van der Waals surface area contributed by atoms with Gasteiger partial charge in [-0.1, -0.05) is 375 Å². The Morgan fingerprint density at radius 2 is 0.460 bits per heavy atom. The van der Waals surface area contributed by atoms with Gasteiger partial charge >= 0.3 is 39.5 Å². The maximum absolute atomic E-state index is 13.1. The highest BCUT2D eigenvalue weighted by Gasteiger charge is 2.30. The lowest BCUT2D eigenvalue weighted by molar-refractivity contribution is -0.161. The van der Waals surface area contributed by atoms with E-state index in [0.717, 1.165) is 102 Å². The Morgan fingerprint density at radius 1 is 0.270 bits per heavy atom. The number of rotatable bonds is 80. The molecular formula is C81H158O17P2. The molecule has 2 unspecified atom stereocenters. The maximum Gasteiger partial charge on any atom is 0.472 e. The van der Waals surface area contributed by atoms with E-state index < -0.39 is 97.5 Å². The molecule has 0 bridgehead atoms. The molecule has 0 saturated carbocycles. The number of carbonyl (C=O) groups excluding carboxylic acids is 4. The lowest BCUT2D eigenvalue weighted by Crippen LogP contribution is -2.30. The van der Waals surface area contributed by atoms with Gasteiger partial charge in [0.1, 0.15) is 19.3 Å². The van der Waals surface area contributed by atoms with Gasteiger partial charge < -0.3 is 33.8 Å². The zero-order valence-electron chi connectivity index (χ0n) is 65.5. The molecule has 0 aromatic carbocycles. The van der Waals surface area contributed by atoms with E-state index in [2.05, 4.69) is 41.5 Å². The number of phosphoric ester groups is 2. The molecule has 0 aromatic rings. The molecule has 0 rings (SSSR count). The maximum atomic E-state index is 13.1. The van der Waals surface area contributed by atoms with Gasteiger partial charge in [0.15, 0.2) is 12.2 Å². The first-order valence-corrected chi connectivity index (χ1v) is 45.0. The monoisotopic (exact) mass is 1470 g/mol. The summed E-state index contributed by atoms with van der Waals surface area (Å²) in [7, 11) is -9.92. The molecule has 0 aliphatic heterocycles. The fourth-order valence-electron chi connectivity index (χ4n) is 12.5. The Morgan fingerprint density at radius 3 is 0.680 bits per heavy atom. The van der Waals surface area contributed by atoms with Crippen molar-refractivity contribution in [1.82, 2.24) is 0 Å². The summed E-state index contributed by atoms with van der Waals surface area (Å²) in [5, 5.41) is 10.6. The first-order valence-electron chi connectivity index (χ1n) is 42.0. The van der Waals surface area contributed by atoms with Crippen LogP contribution in [0.15, 0.2) is 0 Å². The van der Waals surface area contributed by atoms with E-state index in [-0.39, 0.29) is 25.7 Å². The first kappa shape index (κ1) is 98.1. The van der Waals surface area contributed by atoms with Gasteiger partial charge in [-0.3, -0.25) is 37.3 Å². The van der Waals surface area contributed by atoms with E-state index in [1.165, 1.54) is 244 Å². The van der Waals surface area contributed by atoms with Crippen molar-refractivity contribution in [3.05, 3.63) is 0 Å². The molecule has 19 heteroatoms. The van der Waals surface area contributed by atoms with Crippen molar-refractivity contribution in [2.24, 2.45) is 11.8 Å². The van der Waals surface area contributed by atoms with Crippen LogP contribution in [0.5, 0.6) is 0 Å². The zero-order chi connectivity index (χ0) is 73.5. The minimum atomic E-state index is -4.96. The molecule has 594 valence electrons. The largest absolute Gasteiger partial charge is 0.472 e. The van der Waals surface area contributed by atoms with Gasteiger partial charge in [0.2, 0.25) is 0 Å². The van der Waals surface area contributed by atoms with Crippen LogP contribution < -0.4 is 0 Å². The summed E-state index contributed by atoms with van der Waals surface area (Å²) in [6.07, 6.45) is 62.5. The molecule has 0 radical (unpaired) electrons. The number of ether oxygens (including phenoxy) is 4. The van der Waals surface area contributed by atoms with Crippen LogP contribution in [0.25, 0.3) is 0 Å². The number of phosphoric acid groups is 2. The van der Waals surface area contributed by atoms with Crippen LogP contribution in [0.3, 0.4) is 0 Å². The van der Waals surface area contributed by atoms with Crippen molar-refractivity contribution in [2.75, 3.05) is 39.6 Å². The quantitative estimate of drug-likeness (QED) is 0.0222. The molecule has 0 aliphatic carbocycles. The van der Waals surface area contributed by atoms with Crippen LogP contribution in [0.4, 0.5) is 0 Å². The number of aliphatic hydroxyl groups excluding tert-OH is 1. The van der Waals surface area contributed by atoms with Gasteiger partial charge in [-0.15, -0.1) is 0 Å². The van der Waals surface area contributed by atoms with Crippen molar-refractivity contribution in [2.45, 2.75) is 445 Å². The van der Waals surface area contributed by atoms with E-state index in [4.69, 9.17) is 37.0 Å². The van der Waals surface area contributed by atoms with Crippen molar-refractivity contribution < 1.29 is 80.2 Å². The van der Waals surface area contributed by atoms with Gasteiger partial charge in [-0.2, -0.15) is 0 Å². The smallest absolute Gasteiger partial charge is 0.462 e. The van der Waals surface area contributed by atoms with E-state index in [1.807, 2.05) is 0 Å². The predicted octanol–water partition coefficient (Wildman–Crippen LogP) is 24.3. The van der Waals surface area contributed by atoms with Gasteiger partial charge in [-0.25, -0.2) is 9.13 Å². The molecular weight excluding hydrogens is 1310 g/mol. The lowest BCUT2D eigenvalue weighted by Gasteiger charge is -2.21. The molecule has 0 fully saturated rings. The first-order chi connectivity index (χ1) is 48.4. The van der Waals surface area contributed by atoms with Crippen molar-refractivity contribution in [3.63, 3.8) is 0 Å². The van der Waals surface area contributed by atoms with Crippen molar-refractivity contribution >= 4 is 39.5 Å². The molecule has 0 saturated heterocycles. The number of carbonyl (C=O) groups is 4. The Hall–Kier alpha value is -1.94. The molecule has 3 N–H and O–H groups in total. The molecule has 17 nitrogen and oxygen atoms in total. The normalized spacial score (nSPS) is 13.9. The minimum absolute atomic E-state index is 0.105. The molecule has 0 spiro atoms. The predicted molar refractivity (Wildman–Crippen MR) is 409 cm³/mol. The molecule has 0 aliphatic rings. The highest BCUT2D eigenvalue weighted by Crippen LogP contribution is 2.45. The SMILES string of the molecule is CCCCCCCCCCCCCCCCCCCCCC(=O)OC[C@H](COP(=O)(O)OC[C@@H](O)COP(=O)(O)OC[C@@H](COC(=O)CCCCCCCCCCCCC)OC(=O)CCCCCCCCCCC(C)C)OC(=O)CCCCCCCCCCCCCCCCCCC(C)C. The Labute approximate surface area is 613 Å². The topological polar surface area (TPSA) is 237 Å². The third-order valence-corrected chi connectivity index (χ3v) is 20.9. The molecule has 5 atom stereocenters. The number of hydrogen-bond donors (Lipinski definition) is 3. The van der Waals surface area contributed by atoms with Crippen molar-refractivity contribution in [3.8, 4) is 0 Å². The van der Waals surface area contributed by atoms with Gasteiger partial charge in [-0.05, 0) is 37.5 Å². The summed E-state index contributed by atoms with van der Waals surface area (Å²) in [4.78, 5) is 73.0. The number of unbranched alkanes of at least 4 members (excludes halogenated alkanes) is 50. The summed E-state index contributed by atoms with van der Waals surface area (Å²) in [6, 6.07) is 0. The highest BCUT2D eigenvalue weighted by atomic mass is 31.2. The van der Waals surface area contributed by atoms with E-state index in [9.17, 15) is 43.2 Å². The second-order valence-electron chi connectivity index (χ2n) is 30.1. The fourth-order valence-corrected chi connectivity index (χ4v) is 14.1. The summed E-state index contributed by atoms with van der Waals surface area (Å²) in [6.45, 7) is 9.62. The average molecular weight is 1470 g/mol. The third kappa shape index (κ3) is 74.3. The van der Waals surface area contributed by atoms with Crippen LogP contribution in [0.1, 0.15) is 427 Å². The van der Waals surface area contributed by atoms with Crippen LogP contribution >= 0.6 is 15.6 Å². The number of hydrogen-bond acceptors (Lipinski definition) is 15. The average Bonchev–Trinajstić information content (AvgIpc) is 0.920. The number of esters is 4. The van der Waals surface area contributed by atoms with Crippen molar-refractivity contribution in [1.29, 1.82) is 0 Å². The van der Waals surface area contributed by atoms with E-state index in [1.54, 1.807) is 0 Å². The van der Waals surface area contributed by atoms with Crippen LogP contribution in [-0.4, -0.2) is 96.7 Å². The summed E-state index contributed by atoms with van der Waals surface area (Å²) < 4.78 is 68.7. The van der Waals surface area contributed by atoms with E-state index in [0.29, 0.717) is 25.7 Å². The number of aliphatic hydroxyl groups is 1. The van der Waals surface area contributed by atoms with Crippen LogP contribution in [0.2, 0.25) is 0 Å². The third-order valence-electron chi connectivity index (χ3n) is 19.0. The summed E-state index contributed by atoms with van der Waals surface area (Å²) in [5.74, 6) is -0.583. The zero-order valence-corrected chi connectivity index (χ0v) is 67.3.